The number of benzene rings is 1. The van der Waals surface area contributed by atoms with Gasteiger partial charge >= 0.3 is 0 Å². The predicted molar refractivity (Wildman–Crippen MR) is 102 cm³/mol. The standard InChI is InChI=1S/C15H12Cl2N6O2S/c16-10-4-1-5-11(17)13(10)19-12(24)8-26-15-20-14(22-23-15)21-18-7-9-3-2-6-25-9/h1-7H,8H2,(H,19,24)(H2,20,21,22,23)/b18-7-. The Morgan fingerprint density at radius 2 is 2.12 bits per heavy atom. The lowest BCUT2D eigenvalue weighted by molar-refractivity contribution is -0.113. The second-order valence-corrected chi connectivity index (χ2v) is 6.54. The number of hydrogen-bond donors (Lipinski definition) is 3. The molecule has 0 unspecified atom stereocenters. The highest BCUT2D eigenvalue weighted by molar-refractivity contribution is 7.99. The molecule has 2 heterocycles. The molecule has 3 rings (SSSR count). The molecule has 134 valence electrons. The van der Waals surface area contributed by atoms with E-state index in [0.29, 0.717) is 32.6 Å². The van der Waals surface area contributed by atoms with Crippen molar-refractivity contribution >= 4 is 58.7 Å². The van der Waals surface area contributed by atoms with Gasteiger partial charge in [-0.3, -0.25) is 4.79 Å². The zero-order valence-corrected chi connectivity index (χ0v) is 15.4. The fourth-order valence-electron chi connectivity index (χ4n) is 1.81. The number of anilines is 2. The molecule has 0 saturated heterocycles. The zero-order valence-electron chi connectivity index (χ0n) is 13.1. The van der Waals surface area contributed by atoms with Crippen LogP contribution in [0.1, 0.15) is 5.76 Å². The van der Waals surface area contributed by atoms with E-state index in [9.17, 15) is 4.79 Å². The van der Waals surface area contributed by atoms with Crippen molar-refractivity contribution in [2.45, 2.75) is 5.16 Å². The molecule has 8 nitrogen and oxygen atoms in total. The molecule has 1 aromatic carbocycles. The number of hydrogen-bond acceptors (Lipinski definition) is 7. The number of aromatic nitrogens is 3. The van der Waals surface area contributed by atoms with Crippen molar-refractivity contribution in [3.05, 3.63) is 52.4 Å². The molecule has 0 atom stereocenters. The lowest BCUT2D eigenvalue weighted by atomic mass is 10.3. The molecule has 1 amide bonds. The molecule has 3 N–H and O–H groups in total. The number of para-hydroxylation sites is 1. The molecule has 0 fully saturated rings. The molecule has 11 heteroatoms. The number of furan rings is 1. The monoisotopic (exact) mass is 410 g/mol. The first-order valence-corrected chi connectivity index (χ1v) is 8.97. The van der Waals surface area contributed by atoms with Gasteiger partial charge in [-0.2, -0.15) is 10.1 Å². The largest absolute Gasteiger partial charge is 0.463 e. The summed E-state index contributed by atoms with van der Waals surface area (Å²) in [6.07, 6.45) is 3.04. The van der Waals surface area contributed by atoms with Crippen LogP contribution in [0.15, 0.2) is 51.3 Å². The van der Waals surface area contributed by atoms with Gasteiger partial charge < -0.3 is 9.73 Å². The normalized spacial score (nSPS) is 11.0. The van der Waals surface area contributed by atoms with Crippen LogP contribution in [0.25, 0.3) is 0 Å². The van der Waals surface area contributed by atoms with E-state index in [1.54, 1.807) is 36.6 Å². The second-order valence-electron chi connectivity index (χ2n) is 4.79. The first-order valence-electron chi connectivity index (χ1n) is 7.23. The number of rotatable bonds is 7. The number of hydrazone groups is 1. The third-order valence-corrected chi connectivity index (χ3v) is 4.41. The Morgan fingerprint density at radius 3 is 2.85 bits per heavy atom. The highest BCUT2D eigenvalue weighted by Crippen LogP contribution is 2.30. The number of thioether (sulfide) groups is 1. The highest BCUT2D eigenvalue weighted by Gasteiger charge is 2.11. The topological polar surface area (TPSA) is 108 Å². The van der Waals surface area contributed by atoms with Crippen LogP contribution in [0.3, 0.4) is 0 Å². The number of nitrogens with one attached hydrogen (secondary N) is 3. The van der Waals surface area contributed by atoms with Gasteiger partial charge in [0.25, 0.3) is 0 Å². The lowest BCUT2D eigenvalue weighted by Crippen LogP contribution is -2.14. The van der Waals surface area contributed by atoms with Crippen LogP contribution in [0.4, 0.5) is 11.6 Å². The smallest absolute Gasteiger partial charge is 0.240 e. The maximum atomic E-state index is 12.0. The van der Waals surface area contributed by atoms with E-state index in [0.717, 1.165) is 11.8 Å². The molecule has 0 aliphatic rings. The fourth-order valence-corrected chi connectivity index (χ4v) is 2.90. The Labute approximate surface area is 162 Å². The predicted octanol–water partition coefficient (Wildman–Crippen LogP) is 3.88. The number of carbonyl (C=O) groups is 1. The summed E-state index contributed by atoms with van der Waals surface area (Å²) in [7, 11) is 0. The van der Waals surface area contributed by atoms with Gasteiger partial charge in [-0.25, -0.2) is 10.5 Å². The Morgan fingerprint density at radius 1 is 1.31 bits per heavy atom. The van der Waals surface area contributed by atoms with Crippen molar-refractivity contribution < 1.29 is 9.21 Å². The van der Waals surface area contributed by atoms with E-state index < -0.39 is 0 Å². The molecule has 0 aliphatic heterocycles. The van der Waals surface area contributed by atoms with Gasteiger partial charge in [0.15, 0.2) is 0 Å². The van der Waals surface area contributed by atoms with Crippen molar-refractivity contribution in [3.8, 4) is 0 Å². The van der Waals surface area contributed by atoms with Gasteiger partial charge in [0.2, 0.25) is 17.0 Å². The number of halogens is 2. The molecule has 0 radical (unpaired) electrons. The maximum absolute atomic E-state index is 12.0. The van der Waals surface area contributed by atoms with Gasteiger partial charge in [0, 0.05) is 0 Å². The van der Waals surface area contributed by atoms with Gasteiger partial charge in [-0.15, -0.1) is 5.10 Å². The first-order chi connectivity index (χ1) is 12.6. The summed E-state index contributed by atoms with van der Waals surface area (Å²) in [4.78, 5) is 16.2. The summed E-state index contributed by atoms with van der Waals surface area (Å²) >= 11 is 13.2. The third kappa shape index (κ3) is 5.01. The van der Waals surface area contributed by atoms with Crippen LogP contribution < -0.4 is 10.7 Å². The number of amides is 1. The SMILES string of the molecule is O=C(CSc1n[nH]c(N/N=C\c2ccco2)n1)Nc1c(Cl)cccc1Cl. The quantitative estimate of drug-likeness (QED) is 0.309. The van der Waals surface area contributed by atoms with E-state index in [4.69, 9.17) is 27.6 Å². The summed E-state index contributed by atoms with van der Waals surface area (Å²) in [5.74, 6) is 0.751. The third-order valence-electron chi connectivity index (χ3n) is 2.93. The Bertz CT molecular complexity index is 893. The van der Waals surface area contributed by atoms with Gasteiger partial charge in [0.05, 0.1) is 34.0 Å². The molecule has 0 bridgehead atoms. The minimum Gasteiger partial charge on any atom is -0.463 e. The molecular weight excluding hydrogens is 399 g/mol. The van der Waals surface area contributed by atoms with E-state index >= 15 is 0 Å². The highest BCUT2D eigenvalue weighted by atomic mass is 35.5. The van der Waals surface area contributed by atoms with Crippen molar-refractivity contribution in [1.29, 1.82) is 0 Å². The van der Waals surface area contributed by atoms with Crippen molar-refractivity contribution in [2.75, 3.05) is 16.5 Å². The summed E-state index contributed by atoms with van der Waals surface area (Å²) < 4.78 is 5.10. The average molecular weight is 411 g/mol. The van der Waals surface area contributed by atoms with Crippen LogP contribution in [-0.4, -0.2) is 33.1 Å². The minimum atomic E-state index is -0.278. The summed E-state index contributed by atoms with van der Waals surface area (Å²) in [5.41, 5.74) is 3.06. The fraction of sp³-hybridized carbons (Fsp3) is 0.0667. The molecule has 0 spiro atoms. The average Bonchev–Trinajstić information content (AvgIpc) is 3.29. The Balaban J connectivity index is 1.49. The number of H-pyrrole nitrogens is 1. The van der Waals surface area contributed by atoms with Crippen LogP contribution in [0, 0.1) is 0 Å². The molecule has 26 heavy (non-hydrogen) atoms. The van der Waals surface area contributed by atoms with Crippen molar-refractivity contribution in [1.82, 2.24) is 15.2 Å². The number of aromatic amines is 1. The maximum Gasteiger partial charge on any atom is 0.240 e. The Kier molecular flexibility index (Phi) is 6.16. The van der Waals surface area contributed by atoms with Crippen molar-refractivity contribution in [2.24, 2.45) is 5.10 Å². The van der Waals surface area contributed by atoms with E-state index in [1.165, 1.54) is 6.21 Å². The molecular formula is C15H12Cl2N6O2S. The van der Waals surface area contributed by atoms with E-state index in [1.807, 2.05) is 0 Å². The summed E-state index contributed by atoms with van der Waals surface area (Å²) in [6.45, 7) is 0. The molecule has 0 aliphatic carbocycles. The first kappa shape index (κ1) is 18.3. The van der Waals surface area contributed by atoms with Crippen LogP contribution in [0.5, 0.6) is 0 Å². The van der Waals surface area contributed by atoms with Gasteiger partial charge in [0.1, 0.15) is 5.76 Å². The lowest BCUT2D eigenvalue weighted by Gasteiger charge is -2.08. The van der Waals surface area contributed by atoms with E-state index in [-0.39, 0.29) is 11.7 Å². The summed E-state index contributed by atoms with van der Waals surface area (Å²) in [6, 6.07) is 8.51. The minimum absolute atomic E-state index is 0.0918. The van der Waals surface area contributed by atoms with Crippen molar-refractivity contribution in [3.63, 3.8) is 0 Å². The van der Waals surface area contributed by atoms with Crippen LogP contribution in [-0.2, 0) is 4.79 Å². The number of carbonyl (C=O) groups excluding carboxylic acids is 1. The molecule has 3 aromatic rings. The Hall–Kier alpha value is -2.49. The molecule has 0 saturated carbocycles. The summed E-state index contributed by atoms with van der Waals surface area (Å²) in [5, 5.41) is 14.4. The van der Waals surface area contributed by atoms with E-state index in [2.05, 4.69) is 31.0 Å². The zero-order chi connectivity index (χ0) is 18.4. The van der Waals surface area contributed by atoms with Gasteiger partial charge in [-0.05, 0) is 24.3 Å². The van der Waals surface area contributed by atoms with Gasteiger partial charge in [-0.1, -0.05) is 41.0 Å². The van der Waals surface area contributed by atoms with Crippen LogP contribution in [0.2, 0.25) is 10.0 Å². The molecule has 2 aromatic heterocycles. The van der Waals surface area contributed by atoms with Crippen LogP contribution >= 0.6 is 35.0 Å². The number of nitrogens with zero attached hydrogens (tertiary/aromatic N) is 3. The second kappa shape index (κ2) is 8.75.